The highest BCUT2D eigenvalue weighted by molar-refractivity contribution is 14.0. The molecule has 0 fully saturated rings. The zero-order valence-electron chi connectivity index (χ0n) is 14.7. The van der Waals surface area contributed by atoms with Crippen molar-refractivity contribution in [2.75, 3.05) is 47.7 Å². The van der Waals surface area contributed by atoms with Gasteiger partial charge >= 0.3 is 0 Å². The summed E-state index contributed by atoms with van der Waals surface area (Å²) in [5, 5.41) is 6.14. The van der Waals surface area contributed by atoms with Gasteiger partial charge in [0.1, 0.15) is 0 Å². The molecule has 1 aliphatic rings. The molecule has 0 radical (unpaired) electrons. The molecule has 1 aromatic carbocycles. The van der Waals surface area contributed by atoms with E-state index in [2.05, 4.69) is 15.6 Å². The zero-order valence-corrected chi connectivity index (χ0v) is 17.0. The summed E-state index contributed by atoms with van der Waals surface area (Å²) in [5.74, 6) is 2.00. The first-order valence-electron chi connectivity index (χ1n) is 7.70. The molecular weight excluding hydrogens is 439 g/mol. The average Bonchev–Trinajstić information content (AvgIpc) is 3.04. The first-order valence-corrected chi connectivity index (χ1v) is 7.70. The zero-order chi connectivity index (χ0) is 17.4. The second-order valence-corrected chi connectivity index (χ2v) is 5.41. The van der Waals surface area contributed by atoms with Crippen molar-refractivity contribution < 1.29 is 19.0 Å². The van der Waals surface area contributed by atoms with Crippen LogP contribution in [0.15, 0.2) is 23.2 Å². The molecule has 9 heteroatoms. The number of aliphatic imine (C=N–C) groups is 1. The highest BCUT2D eigenvalue weighted by Gasteiger charge is 2.13. The number of amides is 1. The summed E-state index contributed by atoms with van der Waals surface area (Å²) >= 11 is 0. The van der Waals surface area contributed by atoms with E-state index in [9.17, 15) is 4.79 Å². The summed E-state index contributed by atoms with van der Waals surface area (Å²) in [6, 6.07) is 5.71. The van der Waals surface area contributed by atoms with E-state index in [-0.39, 0.29) is 43.2 Å². The van der Waals surface area contributed by atoms with E-state index < -0.39 is 0 Å². The van der Waals surface area contributed by atoms with Gasteiger partial charge in [0, 0.05) is 27.7 Å². The van der Waals surface area contributed by atoms with Crippen LogP contribution in [0.2, 0.25) is 0 Å². The molecular formula is C16H25IN4O4. The molecule has 140 valence electrons. The molecule has 0 spiro atoms. The van der Waals surface area contributed by atoms with E-state index in [4.69, 9.17) is 14.2 Å². The average molecular weight is 464 g/mol. The van der Waals surface area contributed by atoms with E-state index >= 15 is 0 Å². The molecule has 25 heavy (non-hydrogen) atoms. The summed E-state index contributed by atoms with van der Waals surface area (Å²) in [7, 11) is 5.06. The van der Waals surface area contributed by atoms with Crippen LogP contribution in [0.3, 0.4) is 0 Å². The number of nitrogens with one attached hydrogen (secondary N) is 2. The number of benzene rings is 1. The standard InChI is InChI=1S/C16H24N4O4.HI/c1-20(2)15(21)10-19-16(17-6-7-22-3)18-9-12-4-5-13-14(8-12)24-11-23-13;/h4-5,8H,6-7,9-11H2,1-3H3,(H2,17,18,19);1H. The first-order chi connectivity index (χ1) is 11.6. The molecule has 1 aliphatic heterocycles. The minimum Gasteiger partial charge on any atom is -0.454 e. The molecule has 1 amide bonds. The van der Waals surface area contributed by atoms with Crippen LogP contribution in [0.5, 0.6) is 11.5 Å². The Labute approximate surface area is 164 Å². The van der Waals surface area contributed by atoms with Crippen LogP contribution in [0, 0.1) is 0 Å². The highest BCUT2D eigenvalue weighted by atomic mass is 127. The first kappa shape index (κ1) is 21.3. The number of methoxy groups -OCH3 is 1. The molecule has 0 aliphatic carbocycles. The molecule has 0 saturated carbocycles. The van der Waals surface area contributed by atoms with Crippen LogP contribution in [0.25, 0.3) is 0 Å². The largest absolute Gasteiger partial charge is 0.454 e. The van der Waals surface area contributed by atoms with Gasteiger partial charge in [0.2, 0.25) is 12.7 Å². The van der Waals surface area contributed by atoms with Crippen molar-refractivity contribution in [3.63, 3.8) is 0 Å². The number of carbonyl (C=O) groups is 1. The van der Waals surface area contributed by atoms with Crippen LogP contribution in [-0.2, 0) is 16.1 Å². The van der Waals surface area contributed by atoms with Crippen LogP contribution < -0.4 is 20.1 Å². The SMILES string of the molecule is COCCNC(=NCc1ccc2c(c1)OCO2)NCC(=O)N(C)C.I. The van der Waals surface area contributed by atoms with Gasteiger partial charge in [-0.25, -0.2) is 4.99 Å². The molecule has 0 aromatic heterocycles. The molecule has 2 N–H and O–H groups in total. The topological polar surface area (TPSA) is 84.4 Å². The van der Waals surface area contributed by atoms with Crippen molar-refractivity contribution in [2.45, 2.75) is 6.54 Å². The Balaban J connectivity index is 0.00000312. The summed E-state index contributed by atoms with van der Waals surface area (Å²) < 4.78 is 15.7. The lowest BCUT2D eigenvalue weighted by molar-refractivity contribution is -0.127. The van der Waals surface area contributed by atoms with Gasteiger partial charge in [0.15, 0.2) is 17.5 Å². The number of hydrogen-bond acceptors (Lipinski definition) is 5. The molecule has 1 heterocycles. The molecule has 0 saturated heterocycles. The number of ether oxygens (including phenoxy) is 3. The fourth-order valence-corrected chi connectivity index (χ4v) is 1.97. The summed E-state index contributed by atoms with van der Waals surface area (Å²) in [6.45, 7) is 2.02. The fourth-order valence-electron chi connectivity index (χ4n) is 1.97. The van der Waals surface area contributed by atoms with E-state index in [0.29, 0.717) is 25.7 Å². The van der Waals surface area contributed by atoms with Crippen LogP contribution in [0.1, 0.15) is 5.56 Å². The van der Waals surface area contributed by atoms with Crippen molar-refractivity contribution in [2.24, 2.45) is 4.99 Å². The predicted octanol–water partition coefficient (Wildman–Crippen LogP) is 0.803. The Morgan fingerprint density at radius 1 is 1.28 bits per heavy atom. The van der Waals surface area contributed by atoms with Gasteiger partial charge in [-0.15, -0.1) is 24.0 Å². The lowest BCUT2D eigenvalue weighted by Crippen LogP contribution is -2.43. The Bertz CT molecular complexity index is 595. The van der Waals surface area contributed by atoms with Crippen molar-refractivity contribution in [1.29, 1.82) is 0 Å². The maximum absolute atomic E-state index is 11.7. The molecule has 0 atom stereocenters. The number of halogens is 1. The molecule has 8 nitrogen and oxygen atoms in total. The van der Waals surface area contributed by atoms with E-state index in [1.165, 1.54) is 4.90 Å². The van der Waals surface area contributed by atoms with Crippen molar-refractivity contribution in [1.82, 2.24) is 15.5 Å². The van der Waals surface area contributed by atoms with Gasteiger partial charge in [-0.1, -0.05) is 6.07 Å². The van der Waals surface area contributed by atoms with Crippen LogP contribution in [0.4, 0.5) is 0 Å². The number of carbonyl (C=O) groups excluding carboxylic acids is 1. The van der Waals surface area contributed by atoms with Gasteiger partial charge < -0.3 is 29.7 Å². The fraction of sp³-hybridized carbons (Fsp3) is 0.500. The van der Waals surface area contributed by atoms with Gasteiger partial charge in [-0.05, 0) is 17.7 Å². The van der Waals surface area contributed by atoms with Crippen molar-refractivity contribution in [3.05, 3.63) is 23.8 Å². The van der Waals surface area contributed by atoms with Gasteiger partial charge in [0.25, 0.3) is 0 Å². The molecule has 0 bridgehead atoms. The predicted molar refractivity (Wildman–Crippen MR) is 106 cm³/mol. The third-order valence-electron chi connectivity index (χ3n) is 3.36. The Kier molecular flexibility index (Phi) is 9.35. The second-order valence-electron chi connectivity index (χ2n) is 5.41. The maximum atomic E-state index is 11.7. The quantitative estimate of drug-likeness (QED) is 0.269. The Hall–Kier alpha value is -1.75. The second kappa shape index (κ2) is 11.0. The van der Waals surface area contributed by atoms with Crippen molar-refractivity contribution >= 4 is 35.8 Å². The number of rotatable bonds is 7. The third-order valence-corrected chi connectivity index (χ3v) is 3.36. The van der Waals surface area contributed by atoms with Crippen LogP contribution in [-0.4, -0.2) is 64.5 Å². The normalized spacial score (nSPS) is 12.4. The number of hydrogen-bond donors (Lipinski definition) is 2. The highest BCUT2D eigenvalue weighted by Crippen LogP contribution is 2.32. The van der Waals surface area contributed by atoms with E-state index in [0.717, 1.165) is 17.1 Å². The molecule has 1 aromatic rings. The van der Waals surface area contributed by atoms with E-state index in [1.54, 1.807) is 21.2 Å². The van der Waals surface area contributed by atoms with Crippen LogP contribution >= 0.6 is 24.0 Å². The number of fused-ring (bicyclic) bond motifs is 1. The Morgan fingerprint density at radius 3 is 2.76 bits per heavy atom. The molecule has 2 rings (SSSR count). The lowest BCUT2D eigenvalue weighted by Gasteiger charge is -2.14. The smallest absolute Gasteiger partial charge is 0.241 e. The van der Waals surface area contributed by atoms with Gasteiger partial charge in [-0.2, -0.15) is 0 Å². The lowest BCUT2D eigenvalue weighted by atomic mass is 10.2. The van der Waals surface area contributed by atoms with Crippen molar-refractivity contribution in [3.8, 4) is 11.5 Å². The number of likely N-dealkylation sites (N-methyl/N-ethyl adjacent to an activating group) is 1. The summed E-state index contributed by atoms with van der Waals surface area (Å²) in [5.41, 5.74) is 0.992. The Morgan fingerprint density at radius 2 is 2.04 bits per heavy atom. The minimum atomic E-state index is -0.0284. The number of nitrogens with zero attached hydrogens (tertiary/aromatic N) is 2. The molecule has 0 unspecified atom stereocenters. The third kappa shape index (κ3) is 6.94. The van der Waals surface area contributed by atoms with Gasteiger partial charge in [0.05, 0.1) is 19.7 Å². The summed E-state index contributed by atoms with van der Waals surface area (Å²) in [6.07, 6.45) is 0. The minimum absolute atomic E-state index is 0. The maximum Gasteiger partial charge on any atom is 0.241 e. The summed E-state index contributed by atoms with van der Waals surface area (Å²) in [4.78, 5) is 17.7. The number of guanidine groups is 1. The van der Waals surface area contributed by atoms with E-state index in [1.807, 2.05) is 18.2 Å². The monoisotopic (exact) mass is 464 g/mol. The van der Waals surface area contributed by atoms with Gasteiger partial charge in [-0.3, -0.25) is 4.79 Å².